The van der Waals surface area contributed by atoms with Crippen molar-refractivity contribution in [2.24, 2.45) is 11.8 Å². The van der Waals surface area contributed by atoms with Crippen LogP contribution in [0, 0.1) is 11.8 Å². The Hall–Kier alpha value is -0.0800. The Labute approximate surface area is 88.6 Å². The van der Waals surface area contributed by atoms with Gasteiger partial charge in [0.1, 0.15) is 0 Å². The van der Waals surface area contributed by atoms with E-state index in [-0.39, 0.29) is 0 Å². The fourth-order valence-electron chi connectivity index (χ4n) is 2.44. The molecule has 2 atom stereocenters. The van der Waals surface area contributed by atoms with Crippen LogP contribution in [0.25, 0.3) is 0 Å². The molecule has 2 heteroatoms. The Morgan fingerprint density at radius 3 is 2.29 bits per heavy atom. The van der Waals surface area contributed by atoms with Gasteiger partial charge in [-0.2, -0.15) is 0 Å². The average molecular weight is 199 g/mol. The third kappa shape index (κ3) is 2.71. The monoisotopic (exact) mass is 199 g/mol. The molecule has 0 aromatic heterocycles. The highest BCUT2D eigenvalue weighted by Crippen LogP contribution is 2.27. The second-order valence-electron chi connectivity index (χ2n) is 5.06. The van der Waals surface area contributed by atoms with E-state index in [1.807, 2.05) is 7.11 Å². The largest absolute Gasteiger partial charge is 0.380 e. The molecule has 1 fully saturated rings. The smallest absolute Gasteiger partial charge is 0.0729 e. The average Bonchev–Trinajstić information content (AvgIpc) is 2.16. The lowest BCUT2D eigenvalue weighted by Gasteiger charge is -2.41. The SMILES string of the molecule is CO[C@H]1CN(C(C)C)CCC1C(C)C. The number of methoxy groups -OCH3 is 1. The number of hydrogen-bond acceptors (Lipinski definition) is 2. The first-order valence-corrected chi connectivity index (χ1v) is 5.83. The van der Waals surface area contributed by atoms with Gasteiger partial charge in [-0.15, -0.1) is 0 Å². The van der Waals surface area contributed by atoms with Gasteiger partial charge in [-0.3, -0.25) is 4.90 Å². The zero-order valence-electron chi connectivity index (χ0n) is 10.3. The van der Waals surface area contributed by atoms with Crippen molar-refractivity contribution in [3.05, 3.63) is 0 Å². The van der Waals surface area contributed by atoms with Gasteiger partial charge in [-0.05, 0) is 38.6 Å². The van der Waals surface area contributed by atoms with E-state index in [1.165, 1.54) is 13.0 Å². The minimum Gasteiger partial charge on any atom is -0.380 e. The van der Waals surface area contributed by atoms with Gasteiger partial charge in [0.05, 0.1) is 6.10 Å². The van der Waals surface area contributed by atoms with Crippen molar-refractivity contribution in [3.8, 4) is 0 Å². The topological polar surface area (TPSA) is 12.5 Å². The van der Waals surface area contributed by atoms with Crippen LogP contribution in [-0.4, -0.2) is 37.2 Å². The summed E-state index contributed by atoms with van der Waals surface area (Å²) in [6, 6.07) is 0.653. The maximum atomic E-state index is 5.60. The molecule has 1 aliphatic rings. The number of likely N-dealkylation sites (tertiary alicyclic amines) is 1. The predicted octanol–water partition coefficient (Wildman–Crippen LogP) is 2.39. The van der Waals surface area contributed by atoms with Crippen molar-refractivity contribution in [2.45, 2.75) is 46.3 Å². The van der Waals surface area contributed by atoms with Crippen molar-refractivity contribution in [1.82, 2.24) is 4.90 Å². The first-order chi connectivity index (χ1) is 6.56. The van der Waals surface area contributed by atoms with E-state index in [1.54, 1.807) is 0 Å². The Kier molecular flexibility index (Phi) is 4.39. The van der Waals surface area contributed by atoms with Crippen molar-refractivity contribution in [1.29, 1.82) is 0 Å². The zero-order valence-corrected chi connectivity index (χ0v) is 10.3. The Morgan fingerprint density at radius 2 is 1.86 bits per heavy atom. The van der Waals surface area contributed by atoms with E-state index in [0.717, 1.165) is 18.4 Å². The molecule has 14 heavy (non-hydrogen) atoms. The maximum absolute atomic E-state index is 5.60. The minimum absolute atomic E-state index is 0.436. The minimum atomic E-state index is 0.436. The highest BCUT2D eigenvalue weighted by atomic mass is 16.5. The van der Waals surface area contributed by atoms with Crippen LogP contribution in [0.15, 0.2) is 0 Å². The molecule has 0 bridgehead atoms. The van der Waals surface area contributed by atoms with Crippen LogP contribution >= 0.6 is 0 Å². The van der Waals surface area contributed by atoms with E-state index in [9.17, 15) is 0 Å². The van der Waals surface area contributed by atoms with Crippen LogP contribution in [0.4, 0.5) is 0 Å². The summed E-state index contributed by atoms with van der Waals surface area (Å²) in [4.78, 5) is 2.52. The summed E-state index contributed by atoms with van der Waals surface area (Å²) in [5.41, 5.74) is 0. The normalized spacial score (nSPS) is 30.2. The highest BCUT2D eigenvalue weighted by molar-refractivity contribution is 4.84. The number of hydrogen-bond donors (Lipinski definition) is 0. The van der Waals surface area contributed by atoms with Crippen molar-refractivity contribution < 1.29 is 4.74 Å². The molecule has 0 spiro atoms. The number of nitrogens with zero attached hydrogens (tertiary/aromatic N) is 1. The van der Waals surface area contributed by atoms with Crippen molar-refractivity contribution >= 4 is 0 Å². The molecule has 0 N–H and O–H groups in total. The molecule has 0 radical (unpaired) electrons. The number of piperidine rings is 1. The lowest BCUT2D eigenvalue weighted by Crippen LogP contribution is -2.48. The fourth-order valence-corrected chi connectivity index (χ4v) is 2.44. The Balaban J connectivity index is 2.54. The summed E-state index contributed by atoms with van der Waals surface area (Å²) in [6.07, 6.45) is 1.72. The van der Waals surface area contributed by atoms with Gasteiger partial charge in [0, 0.05) is 19.7 Å². The lowest BCUT2D eigenvalue weighted by molar-refractivity contribution is -0.0352. The molecule has 0 aliphatic carbocycles. The summed E-state index contributed by atoms with van der Waals surface area (Å²) in [6.45, 7) is 11.5. The van der Waals surface area contributed by atoms with Crippen molar-refractivity contribution in [2.75, 3.05) is 20.2 Å². The lowest BCUT2D eigenvalue weighted by atomic mass is 9.84. The summed E-state index contributed by atoms with van der Waals surface area (Å²) in [5, 5.41) is 0. The van der Waals surface area contributed by atoms with Crippen LogP contribution in [0.2, 0.25) is 0 Å². The summed E-state index contributed by atoms with van der Waals surface area (Å²) in [7, 11) is 1.85. The summed E-state index contributed by atoms with van der Waals surface area (Å²) >= 11 is 0. The van der Waals surface area contributed by atoms with Gasteiger partial charge >= 0.3 is 0 Å². The third-order valence-corrected chi connectivity index (χ3v) is 3.53. The van der Waals surface area contributed by atoms with Gasteiger partial charge < -0.3 is 4.74 Å². The molecule has 2 nitrogen and oxygen atoms in total. The zero-order chi connectivity index (χ0) is 10.7. The van der Waals surface area contributed by atoms with Crippen LogP contribution in [0.3, 0.4) is 0 Å². The molecular weight excluding hydrogens is 174 g/mol. The molecule has 1 unspecified atom stereocenters. The molecule has 1 saturated heterocycles. The first-order valence-electron chi connectivity index (χ1n) is 5.83. The second-order valence-corrected chi connectivity index (χ2v) is 5.06. The van der Waals surface area contributed by atoms with Gasteiger partial charge in [0.15, 0.2) is 0 Å². The van der Waals surface area contributed by atoms with Gasteiger partial charge in [-0.1, -0.05) is 13.8 Å². The van der Waals surface area contributed by atoms with Crippen LogP contribution in [0.5, 0.6) is 0 Å². The number of rotatable bonds is 3. The quantitative estimate of drug-likeness (QED) is 0.692. The van der Waals surface area contributed by atoms with E-state index < -0.39 is 0 Å². The fraction of sp³-hybridized carbons (Fsp3) is 1.00. The predicted molar refractivity (Wildman–Crippen MR) is 60.5 cm³/mol. The van der Waals surface area contributed by atoms with Gasteiger partial charge in [0.25, 0.3) is 0 Å². The molecular formula is C12H25NO. The molecule has 1 rings (SSSR count). The summed E-state index contributed by atoms with van der Waals surface area (Å²) in [5.74, 6) is 1.49. The first kappa shape index (κ1) is 12.0. The molecule has 0 saturated carbocycles. The van der Waals surface area contributed by atoms with E-state index in [4.69, 9.17) is 4.74 Å². The van der Waals surface area contributed by atoms with Gasteiger partial charge in [-0.25, -0.2) is 0 Å². The van der Waals surface area contributed by atoms with Crippen LogP contribution < -0.4 is 0 Å². The Morgan fingerprint density at radius 1 is 1.21 bits per heavy atom. The van der Waals surface area contributed by atoms with E-state index in [0.29, 0.717) is 12.1 Å². The van der Waals surface area contributed by atoms with E-state index >= 15 is 0 Å². The molecule has 0 amide bonds. The van der Waals surface area contributed by atoms with E-state index in [2.05, 4.69) is 32.6 Å². The molecule has 1 aliphatic heterocycles. The van der Waals surface area contributed by atoms with Crippen LogP contribution in [0.1, 0.15) is 34.1 Å². The standard InChI is InChI=1S/C12H25NO/c1-9(2)11-6-7-13(10(3)4)8-12(11)14-5/h9-12H,6-8H2,1-5H3/t11?,12-/m0/s1. The summed E-state index contributed by atoms with van der Waals surface area (Å²) < 4.78 is 5.60. The Bertz CT molecular complexity index is 168. The maximum Gasteiger partial charge on any atom is 0.0729 e. The van der Waals surface area contributed by atoms with Gasteiger partial charge in [0.2, 0.25) is 0 Å². The molecule has 1 heterocycles. The molecule has 84 valence electrons. The molecule has 0 aromatic rings. The van der Waals surface area contributed by atoms with Crippen LogP contribution in [-0.2, 0) is 4.74 Å². The number of ether oxygens (including phenoxy) is 1. The highest BCUT2D eigenvalue weighted by Gasteiger charge is 2.31. The van der Waals surface area contributed by atoms with Crippen molar-refractivity contribution in [3.63, 3.8) is 0 Å². The molecule has 0 aromatic carbocycles. The third-order valence-electron chi connectivity index (χ3n) is 3.53. The second kappa shape index (κ2) is 5.13.